The smallest absolute Gasteiger partial charge is 0.387 e. The van der Waals surface area contributed by atoms with Gasteiger partial charge >= 0.3 is 6.18 Å². The summed E-state index contributed by atoms with van der Waals surface area (Å²) in [6.07, 6.45) is -2.97. The summed E-state index contributed by atoms with van der Waals surface area (Å²) in [5.74, 6) is 0.509. The van der Waals surface area contributed by atoms with Crippen molar-refractivity contribution in [1.82, 2.24) is 0 Å². The molecule has 0 radical (unpaired) electrons. The summed E-state index contributed by atoms with van der Waals surface area (Å²) in [6, 6.07) is 4.35. The van der Waals surface area contributed by atoms with E-state index in [1.54, 1.807) is 0 Å². The van der Waals surface area contributed by atoms with E-state index in [2.05, 4.69) is 6.92 Å². The third-order valence-corrected chi connectivity index (χ3v) is 4.20. The summed E-state index contributed by atoms with van der Waals surface area (Å²) >= 11 is 0. The zero-order valence-electron chi connectivity index (χ0n) is 11.3. The maximum atomic E-state index is 12.5. The summed E-state index contributed by atoms with van der Waals surface area (Å²) < 4.78 is 37.4. The molecular weight excluding hydrogens is 269 g/mol. The van der Waals surface area contributed by atoms with Gasteiger partial charge in [0, 0.05) is 0 Å². The Kier molecular flexibility index (Phi) is 4.12. The summed E-state index contributed by atoms with van der Waals surface area (Å²) in [4.78, 5) is 0. The molecule has 1 aromatic carbocycles. The van der Waals surface area contributed by atoms with E-state index in [4.69, 9.17) is 0 Å². The maximum absolute atomic E-state index is 12.5. The fourth-order valence-corrected chi connectivity index (χ4v) is 2.70. The van der Waals surface area contributed by atoms with Crippen LogP contribution in [0.4, 0.5) is 13.2 Å². The Labute approximate surface area is 116 Å². The monoisotopic (exact) mass is 288 g/mol. The molecule has 1 saturated carbocycles. The van der Waals surface area contributed by atoms with Crippen LogP contribution in [0, 0.1) is 5.92 Å². The number of hydrogen-bond acceptors (Lipinski definition) is 2. The number of hydrogen-bond donors (Lipinski definition) is 2. The van der Waals surface area contributed by atoms with Crippen LogP contribution in [0.5, 0.6) is 0 Å². The van der Waals surface area contributed by atoms with Gasteiger partial charge in [0.2, 0.25) is 0 Å². The van der Waals surface area contributed by atoms with Crippen LogP contribution >= 0.6 is 0 Å². The number of aliphatic hydroxyl groups excluding tert-OH is 1. The summed E-state index contributed by atoms with van der Waals surface area (Å²) in [6.45, 7) is 2.09. The number of rotatable bonds is 2. The molecule has 1 aliphatic rings. The number of halogens is 3. The standard InChI is InChI=1S/C15H19F3O2/c1-10-6-8-14(20,9-7-10)13(19)11-2-4-12(5-3-11)15(16,17)18/h2-5,10,13,19-20H,6-9H2,1H3. The number of aliphatic hydroxyl groups is 2. The Hall–Kier alpha value is -1.07. The van der Waals surface area contributed by atoms with E-state index >= 15 is 0 Å². The molecule has 1 atom stereocenters. The van der Waals surface area contributed by atoms with Gasteiger partial charge in [-0.25, -0.2) is 0 Å². The third-order valence-electron chi connectivity index (χ3n) is 4.20. The second-order valence-corrected chi connectivity index (χ2v) is 5.81. The lowest BCUT2D eigenvalue weighted by molar-refractivity contribution is -0.137. The predicted molar refractivity (Wildman–Crippen MR) is 69.0 cm³/mol. The average molecular weight is 288 g/mol. The van der Waals surface area contributed by atoms with Crippen LogP contribution in [0.15, 0.2) is 24.3 Å². The van der Waals surface area contributed by atoms with Gasteiger partial charge in [-0.1, -0.05) is 19.1 Å². The first kappa shape index (κ1) is 15.3. The van der Waals surface area contributed by atoms with Crippen molar-refractivity contribution in [2.24, 2.45) is 5.92 Å². The minimum absolute atomic E-state index is 0.329. The van der Waals surface area contributed by atoms with Gasteiger partial charge in [-0.2, -0.15) is 13.2 Å². The second-order valence-electron chi connectivity index (χ2n) is 5.81. The first-order chi connectivity index (χ1) is 9.22. The van der Waals surface area contributed by atoms with E-state index in [1.165, 1.54) is 12.1 Å². The summed E-state index contributed by atoms with van der Waals surface area (Å²) in [5, 5.41) is 20.7. The van der Waals surface area contributed by atoms with Crippen molar-refractivity contribution in [1.29, 1.82) is 0 Å². The molecule has 2 N–H and O–H groups in total. The van der Waals surface area contributed by atoms with Gasteiger partial charge in [-0.15, -0.1) is 0 Å². The van der Waals surface area contributed by atoms with Gasteiger partial charge in [0.05, 0.1) is 11.2 Å². The highest BCUT2D eigenvalue weighted by Gasteiger charge is 2.39. The van der Waals surface area contributed by atoms with E-state index in [0.717, 1.165) is 25.0 Å². The number of benzene rings is 1. The lowest BCUT2D eigenvalue weighted by Gasteiger charge is -2.38. The molecule has 0 amide bonds. The van der Waals surface area contributed by atoms with E-state index in [1.807, 2.05) is 0 Å². The van der Waals surface area contributed by atoms with Crippen molar-refractivity contribution in [3.63, 3.8) is 0 Å². The van der Waals surface area contributed by atoms with Crippen LogP contribution in [-0.2, 0) is 6.18 Å². The van der Waals surface area contributed by atoms with E-state index in [0.29, 0.717) is 24.3 Å². The molecule has 0 heterocycles. The van der Waals surface area contributed by atoms with Crippen molar-refractivity contribution in [2.45, 2.75) is 50.5 Å². The minimum atomic E-state index is -4.39. The Morgan fingerprint density at radius 1 is 1.15 bits per heavy atom. The van der Waals surface area contributed by atoms with E-state index in [-0.39, 0.29) is 0 Å². The molecular formula is C15H19F3O2. The Bertz CT molecular complexity index is 445. The Morgan fingerprint density at radius 3 is 2.10 bits per heavy atom. The van der Waals surface area contributed by atoms with Crippen LogP contribution < -0.4 is 0 Å². The number of alkyl halides is 3. The molecule has 1 fully saturated rings. The SMILES string of the molecule is CC1CCC(O)(C(O)c2ccc(C(F)(F)F)cc2)CC1. The lowest BCUT2D eigenvalue weighted by Crippen LogP contribution is -2.39. The minimum Gasteiger partial charge on any atom is -0.387 e. The molecule has 0 spiro atoms. The van der Waals surface area contributed by atoms with E-state index in [9.17, 15) is 23.4 Å². The third kappa shape index (κ3) is 3.15. The van der Waals surface area contributed by atoms with Crippen molar-refractivity contribution in [3.8, 4) is 0 Å². The molecule has 1 unspecified atom stereocenters. The van der Waals surface area contributed by atoms with Gasteiger partial charge in [0.25, 0.3) is 0 Å². The highest BCUT2D eigenvalue weighted by molar-refractivity contribution is 5.27. The quantitative estimate of drug-likeness (QED) is 0.871. The first-order valence-corrected chi connectivity index (χ1v) is 6.80. The van der Waals surface area contributed by atoms with E-state index < -0.39 is 23.4 Å². The molecule has 1 aliphatic carbocycles. The van der Waals surface area contributed by atoms with Crippen LogP contribution in [-0.4, -0.2) is 15.8 Å². The molecule has 20 heavy (non-hydrogen) atoms. The fourth-order valence-electron chi connectivity index (χ4n) is 2.70. The molecule has 0 aromatic heterocycles. The average Bonchev–Trinajstić information content (AvgIpc) is 2.41. The van der Waals surface area contributed by atoms with Crippen molar-refractivity contribution < 1.29 is 23.4 Å². The van der Waals surface area contributed by atoms with Crippen LogP contribution in [0.3, 0.4) is 0 Å². The first-order valence-electron chi connectivity index (χ1n) is 6.80. The van der Waals surface area contributed by atoms with Gasteiger partial charge in [0.1, 0.15) is 6.10 Å². The molecule has 0 saturated heterocycles. The molecule has 5 heteroatoms. The van der Waals surface area contributed by atoms with Crippen LogP contribution in [0.25, 0.3) is 0 Å². The zero-order valence-corrected chi connectivity index (χ0v) is 11.3. The molecule has 112 valence electrons. The molecule has 2 rings (SSSR count). The highest BCUT2D eigenvalue weighted by Crippen LogP contribution is 2.40. The van der Waals surface area contributed by atoms with Gasteiger partial charge in [-0.3, -0.25) is 0 Å². The zero-order chi connectivity index (χ0) is 15.0. The summed E-state index contributed by atoms with van der Waals surface area (Å²) in [7, 11) is 0. The maximum Gasteiger partial charge on any atom is 0.416 e. The fraction of sp³-hybridized carbons (Fsp3) is 0.600. The van der Waals surface area contributed by atoms with Crippen molar-refractivity contribution >= 4 is 0 Å². The molecule has 0 bridgehead atoms. The van der Waals surface area contributed by atoms with Gasteiger partial charge < -0.3 is 10.2 Å². The van der Waals surface area contributed by atoms with Crippen molar-refractivity contribution in [2.75, 3.05) is 0 Å². The lowest BCUT2D eigenvalue weighted by atomic mass is 9.75. The Morgan fingerprint density at radius 2 is 1.65 bits per heavy atom. The normalized spacial score (nSPS) is 29.2. The second kappa shape index (κ2) is 5.37. The van der Waals surface area contributed by atoms with Crippen LogP contribution in [0.1, 0.15) is 49.8 Å². The van der Waals surface area contributed by atoms with Crippen molar-refractivity contribution in [3.05, 3.63) is 35.4 Å². The predicted octanol–water partition coefficient (Wildman–Crippen LogP) is 3.68. The molecule has 0 aliphatic heterocycles. The molecule has 1 aromatic rings. The van der Waals surface area contributed by atoms with Gasteiger partial charge in [0.15, 0.2) is 0 Å². The topological polar surface area (TPSA) is 40.5 Å². The highest BCUT2D eigenvalue weighted by atomic mass is 19.4. The molecule has 2 nitrogen and oxygen atoms in total. The largest absolute Gasteiger partial charge is 0.416 e. The Balaban J connectivity index is 2.15. The summed E-state index contributed by atoms with van der Waals surface area (Å²) in [5.41, 5.74) is -1.65. The van der Waals surface area contributed by atoms with Gasteiger partial charge in [-0.05, 0) is 49.3 Å². The van der Waals surface area contributed by atoms with Crippen LogP contribution in [0.2, 0.25) is 0 Å².